The third-order valence-electron chi connectivity index (χ3n) is 14.7. The van der Waals surface area contributed by atoms with Crippen LogP contribution < -0.4 is 41.5 Å². The second-order valence-electron chi connectivity index (χ2n) is 19.2. The highest BCUT2D eigenvalue weighted by Gasteiger charge is 2.38. The van der Waals surface area contributed by atoms with E-state index in [1.165, 1.54) is 11.3 Å². The molecule has 0 bridgehead atoms. The van der Waals surface area contributed by atoms with Gasteiger partial charge in [0.2, 0.25) is 17.8 Å². The molecule has 0 spiro atoms. The van der Waals surface area contributed by atoms with E-state index in [1.54, 1.807) is 49.0 Å². The molecule has 4 aliphatic heterocycles. The van der Waals surface area contributed by atoms with Crippen LogP contribution in [0.5, 0.6) is 5.75 Å². The van der Waals surface area contributed by atoms with Gasteiger partial charge < -0.3 is 29.7 Å². The van der Waals surface area contributed by atoms with Crippen molar-refractivity contribution in [3.8, 4) is 5.75 Å². The molecule has 70 heavy (non-hydrogen) atoms. The van der Waals surface area contributed by atoms with Crippen LogP contribution in [-0.4, -0.2) is 136 Å². The number of para-hydroxylation sites is 1. The van der Waals surface area contributed by atoms with Crippen molar-refractivity contribution in [2.75, 3.05) is 93.2 Å². The number of rotatable bonds is 13. The predicted octanol–water partition coefficient (Wildman–Crippen LogP) is 6.16. The lowest BCUT2D eigenvalue weighted by molar-refractivity contribution is -0.135. The van der Waals surface area contributed by atoms with E-state index in [2.05, 4.69) is 91.6 Å². The number of amides is 2. The van der Waals surface area contributed by atoms with Gasteiger partial charge in [0.15, 0.2) is 0 Å². The molecule has 20 heteroatoms. The SMILES string of the molecule is CCc1ncc2c(P(C)(C)=O)c(Nc3nc(Nc4cc(CC)c(N5CCC(N6CCN(C7CN(c8cccc9c8n(C)c(=O)n9C8CCC(=O)NC8=O)C7)CC6)CC5)cc4OC)ncc3Br)ccc2n1. The molecule has 1 atom stereocenters. The lowest BCUT2D eigenvalue weighted by Gasteiger charge is -2.50. The Balaban J connectivity index is 0.756. The normalized spacial score (nSPS) is 18.9. The number of hydrogen-bond donors (Lipinski definition) is 3. The highest BCUT2D eigenvalue weighted by molar-refractivity contribution is 9.10. The monoisotopic (exact) mass is 1030 g/mol. The lowest BCUT2D eigenvalue weighted by atomic mass is 9.98. The summed E-state index contributed by atoms with van der Waals surface area (Å²) < 4.78 is 23.6. The summed E-state index contributed by atoms with van der Waals surface area (Å²) in [7, 11) is 0.673. The van der Waals surface area contributed by atoms with Crippen LogP contribution in [-0.2, 0) is 34.0 Å². The maximum atomic E-state index is 13.7. The van der Waals surface area contributed by atoms with Gasteiger partial charge in [0, 0.05) is 119 Å². The second kappa shape index (κ2) is 19.4. The minimum absolute atomic E-state index is 0.216. The summed E-state index contributed by atoms with van der Waals surface area (Å²) in [6, 6.07) is 14.3. The fourth-order valence-electron chi connectivity index (χ4n) is 10.9. The molecule has 10 rings (SSSR count). The van der Waals surface area contributed by atoms with Gasteiger partial charge in [-0.05, 0) is 90.8 Å². The Morgan fingerprint density at radius 1 is 0.829 bits per heavy atom. The third-order valence-corrected chi connectivity index (χ3v) is 16.8. The largest absolute Gasteiger partial charge is 0.494 e. The maximum absolute atomic E-state index is 13.7. The van der Waals surface area contributed by atoms with Crippen LogP contribution >= 0.6 is 23.1 Å². The van der Waals surface area contributed by atoms with Gasteiger partial charge in [0.05, 0.1) is 45.2 Å². The number of methoxy groups -OCH3 is 1. The number of carbonyl (C=O) groups excluding carboxylic acids is 2. The molecule has 4 fully saturated rings. The zero-order chi connectivity index (χ0) is 49.0. The molecule has 2 amide bonds. The molecule has 18 nitrogen and oxygen atoms in total. The number of nitrogens with one attached hydrogen (secondary N) is 3. The van der Waals surface area contributed by atoms with Gasteiger partial charge in [-0.2, -0.15) is 4.98 Å². The quantitative estimate of drug-likeness (QED) is 0.0882. The summed E-state index contributed by atoms with van der Waals surface area (Å²) in [5.41, 5.74) is 6.90. The average molecular weight is 1040 g/mol. The number of fused-ring (bicyclic) bond motifs is 2. The van der Waals surface area contributed by atoms with E-state index in [1.807, 2.05) is 31.2 Å². The third kappa shape index (κ3) is 9.05. The fourth-order valence-corrected chi connectivity index (χ4v) is 12.7. The number of carbonyl (C=O) groups is 2. The number of anilines is 6. The first kappa shape index (κ1) is 47.8. The van der Waals surface area contributed by atoms with Crippen molar-refractivity contribution >= 4 is 96.6 Å². The van der Waals surface area contributed by atoms with Gasteiger partial charge in [-0.15, -0.1) is 0 Å². The van der Waals surface area contributed by atoms with Gasteiger partial charge in [0.1, 0.15) is 30.6 Å². The molecule has 6 aromatic rings. The van der Waals surface area contributed by atoms with Crippen molar-refractivity contribution in [2.45, 2.75) is 70.5 Å². The average Bonchev–Trinajstić information content (AvgIpc) is 3.60. The molecule has 0 aliphatic carbocycles. The van der Waals surface area contributed by atoms with Crippen molar-refractivity contribution in [3.05, 3.63) is 81.2 Å². The molecule has 7 heterocycles. The number of hydrogen-bond acceptors (Lipinski definition) is 15. The molecule has 4 saturated heterocycles. The Hall–Kier alpha value is -5.88. The summed E-state index contributed by atoms with van der Waals surface area (Å²) in [5.74, 6) is 1.63. The minimum atomic E-state index is -2.78. The summed E-state index contributed by atoms with van der Waals surface area (Å²) >= 11 is 3.63. The summed E-state index contributed by atoms with van der Waals surface area (Å²) in [6.07, 6.45) is 7.72. The zero-order valence-corrected chi connectivity index (χ0v) is 43.1. The van der Waals surface area contributed by atoms with E-state index < -0.39 is 19.1 Å². The van der Waals surface area contributed by atoms with Gasteiger partial charge in [-0.1, -0.05) is 19.9 Å². The molecule has 3 aromatic heterocycles. The van der Waals surface area contributed by atoms with Crippen LogP contribution in [0.4, 0.5) is 34.5 Å². The molecule has 368 valence electrons. The summed E-state index contributed by atoms with van der Waals surface area (Å²) in [4.78, 5) is 66.9. The molecular weight excluding hydrogens is 974 g/mol. The van der Waals surface area contributed by atoms with Crippen molar-refractivity contribution < 1.29 is 18.9 Å². The number of imide groups is 1. The fraction of sp³-hybridized carbons (Fsp3) is 0.460. The maximum Gasteiger partial charge on any atom is 0.329 e. The Kier molecular flexibility index (Phi) is 13.2. The first-order valence-electron chi connectivity index (χ1n) is 24.4. The predicted molar refractivity (Wildman–Crippen MR) is 280 cm³/mol. The molecule has 4 aliphatic rings. The topological polar surface area (TPSA) is 188 Å². The van der Waals surface area contributed by atoms with Gasteiger partial charge >= 0.3 is 5.69 Å². The highest BCUT2D eigenvalue weighted by atomic mass is 79.9. The number of nitrogens with zero attached hydrogens (tertiary/aromatic N) is 10. The van der Waals surface area contributed by atoms with E-state index in [0.717, 1.165) is 111 Å². The number of piperidine rings is 2. The van der Waals surface area contributed by atoms with Crippen LogP contribution in [0.1, 0.15) is 57.0 Å². The van der Waals surface area contributed by atoms with Crippen molar-refractivity contribution in [1.29, 1.82) is 0 Å². The molecule has 3 aromatic carbocycles. The van der Waals surface area contributed by atoms with E-state index >= 15 is 0 Å². The van der Waals surface area contributed by atoms with Crippen LogP contribution in [0.15, 0.2) is 64.1 Å². The van der Waals surface area contributed by atoms with Crippen molar-refractivity contribution in [2.24, 2.45) is 7.05 Å². The lowest BCUT2D eigenvalue weighted by Crippen LogP contribution is -2.64. The molecular formula is C50H61BrN13O5P. The Labute approximate surface area is 415 Å². The number of ether oxygens (including phenoxy) is 1. The number of benzene rings is 3. The van der Waals surface area contributed by atoms with Gasteiger partial charge in [-0.3, -0.25) is 33.8 Å². The van der Waals surface area contributed by atoms with E-state index in [0.29, 0.717) is 57.9 Å². The van der Waals surface area contributed by atoms with E-state index in [4.69, 9.17) is 9.72 Å². The summed E-state index contributed by atoms with van der Waals surface area (Å²) in [5, 5.41) is 10.7. The van der Waals surface area contributed by atoms with Crippen molar-refractivity contribution in [1.82, 2.24) is 44.2 Å². The molecule has 1 unspecified atom stereocenters. The van der Waals surface area contributed by atoms with Crippen LogP contribution in [0.25, 0.3) is 21.9 Å². The Bertz CT molecular complexity index is 3120. The van der Waals surface area contributed by atoms with E-state index in [-0.39, 0.29) is 18.0 Å². The Morgan fingerprint density at radius 3 is 2.26 bits per heavy atom. The van der Waals surface area contributed by atoms with Gasteiger partial charge in [-0.25, -0.2) is 19.7 Å². The summed E-state index contributed by atoms with van der Waals surface area (Å²) in [6.45, 7) is 15.5. The molecule has 0 radical (unpaired) electrons. The highest BCUT2D eigenvalue weighted by Crippen LogP contribution is 2.43. The number of aromatic nitrogens is 6. The van der Waals surface area contributed by atoms with Crippen LogP contribution in [0, 0.1) is 0 Å². The number of imidazole rings is 1. The standard InChI is InChI=1S/C50H61BrN13O5P/c1-7-30-24-37(56-49-53-27-34(51)47(58-49)55-36-13-12-35-33(46(36)70(5,6)68)26-52-43(8-2)54-35)42(69-4)25-41(30)62-18-16-31(17-19-62)60-20-22-61(23-21-60)32-28-63(29-32)38-10-9-11-39-45(38)59(3)50(67)64(39)40-14-15-44(65)57-48(40)66/h9-13,24-27,31-32,40H,7-8,14-23,28-29H2,1-6H3,(H,57,65,66)(H2,53,55,56,58). The van der Waals surface area contributed by atoms with Gasteiger partial charge in [0.25, 0.3) is 0 Å². The van der Waals surface area contributed by atoms with Crippen LogP contribution in [0.2, 0.25) is 0 Å². The first-order chi connectivity index (χ1) is 33.7. The smallest absolute Gasteiger partial charge is 0.329 e. The number of halogens is 1. The second-order valence-corrected chi connectivity index (χ2v) is 23.2. The molecule has 0 saturated carbocycles. The van der Waals surface area contributed by atoms with Crippen LogP contribution in [0.3, 0.4) is 0 Å². The number of aryl methyl sites for hydroxylation is 3. The number of piperazine rings is 1. The first-order valence-corrected chi connectivity index (χ1v) is 27.8. The minimum Gasteiger partial charge on any atom is -0.494 e. The van der Waals surface area contributed by atoms with E-state index in [9.17, 15) is 18.9 Å². The zero-order valence-electron chi connectivity index (χ0n) is 40.7. The Morgan fingerprint density at radius 2 is 1.57 bits per heavy atom. The molecule has 3 N–H and O–H groups in total. The van der Waals surface area contributed by atoms with Crippen molar-refractivity contribution in [3.63, 3.8) is 0 Å².